The summed E-state index contributed by atoms with van der Waals surface area (Å²) in [6.45, 7) is 1.06. The van der Waals surface area contributed by atoms with Crippen molar-refractivity contribution in [3.63, 3.8) is 0 Å². The maximum Gasteiger partial charge on any atom is 0.187 e. The number of halogens is 2. The Balaban J connectivity index is 1.93. The first-order chi connectivity index (χ1) is 11.1. The number of piperidine rings is 1. The highest BCUT2D eigenvalue weighted by Crippen LogP contribution is 2.23. The van der Waals surface area contributed by atoms with Crippen molar-refractivity contribution in [3.05, 3.63) is 80.8 Å². The average Bonchev–Trinajstić information content (AvgIpc) is 2.55. The van der Waals surface area contributed by atoms with E-state index in [0.717, 1.165) is 11.1 Å². The summed E-state index contributed by atoms with van der Waals surface area (Å²) in [4.78, 5) is 12.7. The Morgan fingerprint density at radius 1 is 0.783 bits per heavy atom. The maximum atomic E-state index is 12.7. The van der Waals surface area contributed by atoms with E-state index in [2.05, 4.69) is 5.32 Å². The molecule has 2 aromatic carbocycles. The van der Waals surface area contributed by atoms with Gasteiger partial charge in [-0.1, -0.05) is 59.6 Å². The van der Waals surface area contributed by atoms with Crippen LogP contribution in [-0.4, -0.2) is 18.9 Å². The lowest BCUT2D eigenvalue weighted by atomic mass is 9.95. The number of hydrogen-bond acceptors (Lipinski definition) is 2. The molecule has 1 N–H and O–H groups in total. The van der Waals surface area contributed by atoms with Gasteiger partial charge < -0.3 is 5.32 Å². The van der Waals surface area contributed by atoms with E-state index in [1.807, 2.05) is 60.7 Å². The van der Waals surface area contributed by atoms with Crippen molar-refractivity contribution in [2.75, 3.05) is 13.1 Å². The third kappa shape index (κ3) is 3.73. The predicted molar refractivity (Wildman–Crippen MR) is 96.7 cm³/mol. The Bertz CT molecular complexity index is 743. The number of nitrogens with one attached hydrogen (secondary N) is 1. The Hall–Kier alpha value is -1.87. The first-order valence-corrected chi connectivity index (χ1v) is 8.06. The molecule has 4 heteroatoms. The second-order valence-electron chi connectivity index (χ2n) is 5.31. The van der Waals surface area contributed by atoms with Crippen molar-refractivity contribution < 1.29 is 4.79 Å². The van der Waals surface area contributed by atoms with Crippen molar-refractivity contribution in [2.45, 2.75) is 0 Å². The molecule has 23 heavy (non-hydrogen) atoms. The van der Waals surface area contributed by atoms with Crippen LogP contribution in [0.15, 0.2) is 59.7 Å². The lowest BCUT2D eigenvalue weighted by Gasteiger charge is -2.18. The lowest BCUT2D eigenvalue weighted by Crippen LogP contribution is -2.32. The molecule has 0 spiro atoms. The molecule has 0 bridgehead atoms. The monoisotopic (exact) mass is 343 g/mol. The van der Waals surface area contributed by atoms with Crippen LogP contribution < -0.4 is 5.32 Å². The predicted octanol–water partition coefficient (Wildman–Crippen LogP) is 4.63. The fourth-order valence-corrected chi connectivity index (χ4v) is 2.87. The van der Waals surface area contributed by atoms with Gasteiger partial charge >= 0.3 is 0 Å². The molecule has 0 aliphatic carbocycles. The fraction of sp³-hybridized carbons (Fsp3) is 0.105. The molecule has 116 valence electrons. The van der Waals surface area contributed by atoms with Crippen molar-refractivity contribution in [3.8, 4) is 0 Å². The lowest BCUT2D eigenvalue weighted by molar-refractivity contribution is -0.112. The third-order valence-corrected chi connectivity index (χ3v) is 4.37. The SMILES string of the molecule is O=C1/C(=C/c2ccccc2Cl)CNC/C1=C\c1ccccc1Cl. The summed E-state index contributed by atoms with van der Waals surface area (Å²) in [6, 6.07) is 15.0. The van der Waals surface area contributed by atoms with Crippen LogP contribution in [0.3, 0.4) is 0 Å². The summed E-state index contributed by atoms with van der Waals surface area (Å²) in [7, 11) is 0. The van der Waals surface area contributed by atoms with Crippen molar-refractivity contribution in [1.82, 2.24) is 5.32 Å². The van der Waals surface area contributed by atoms with Crippen molar-refractivity contribution in [2.24, 2.45) is 0 Å². The molecule has 1 aliphatic rings. The molecule has 0 radical (unpaired) electrons. The zero-order chi connectivity index (χ0) is 16.2. The minimum atomic E-state index is 0.0311. The molecule has 0 saturated carbocycles. The van der Waals surface area contributed by atoms with E-state index in [9.17, 15) is 4.79 Å². The minimum absolute atomic E-state index is 0.0311. The van der Waals surface area contributed by atoms with Gasteiger partial charge in [0.05, 0.1) is 0 Å². The second-order valence-corrected chi connectivity index (χ2v) is 6.13. The molecule has 2 nitrogen and oxygen atoms in total. The largest absolute Gasteiger partial charge is 0.308 e. The van der Waals surface area contributed by atoms with E-state index in [4.69, 9.17) is 23.2 Å². The zero-order valence-corrected chi connectivity index (χ0v) is 13.9. The van der Waals surface area contributed by atoms with E-state index in [0.29, 0.717) is 34.3 Å². The van der Waals surface area contributed by atoms with Gasteiger partial charge in [0.15, 0.2) is 5.78 Å². The van der Waals surface area contributed by atoms with Gasteiger partial charge in [0.1, 0.15) is 0 Å². The van der Waals surface area contributed by atoms with Gasteiger partial charge in [0.25, 0.3) is 0 Å². The molecule has 0 aromatic heterocycles. The van der Waals surface area contributed by atoms with Gasteiger partial charge in [0.2, 0.25) is 0 Å². The highest BCUT2D eigenvalue weighted by atomic mass is 35.5. The van der Waals surface area contributed by atoms with Crippen LogP contribution in [0.5, 0.6) is 0 Å². The summed E-state index contributed by atoms with van der Waals surface area (Å²) >= 11 is 12.3. The van der Waals surface area contributed by atoms with E-state index < -0.39 is 0 Å². The summed E-state index contributed by atoms with van der Waals surface area (Å²) in [5.74, 6) is 0.0311. The number of carbonyl (C=O) groups is 1. The first-order valence-electron chi connectivity index (χ1n) is 7.31. The van der Waals surface area contributed by atoms with E-state index in [1.165, 1.54) is 0 Å². The maximum absolute atomic E-state index is 12.7. The van der Waals surface area contributed by atoms with Crippen molar-refractivity contribution in [1.29, 1.82) is 0 Å². The molecule has 1 fully saturated rings. The Morgan fingerprint density at radius 2 is 1.22 bits per heavy atom. The van der Waals surface area contributed by atoms with E-state index >= 15 is 0 Å². The van der Waals surface area contributed by atoms with Crippen LogP contribution in [0.4, 0.5) is 0 Å². The number of rotatable bonds is 2. The number of carbonyl (C=O) groups excluding carboxylic acids is 1. The smallest absolute Gasteiger partial charge is 0.187 e. The molecule has 1 aliphatic heterocycles. The molecular weight excluding hydrogens is 329 g/mol. The summed E-state index contributed by atoms with van der Waals surface area (Å²) < 4.78 is 0. The van der Waals surface area contributed by atoms with Crippen molar-refractivity contribution >= 4 is 41.1 Å². The summed E-state index contributed by atoms with van der Waals surface area (Å²) in [6.07, 6.45) is 3.69. The van der Waals surface area contributed by atoms with Crippen LogP contribution in [0, 0.1) is 0 Å². The quantitative estimate of drug-likeness (QED) is 0.805. The first kappa shape index (κ1) is 16.0. The van der Waals surface area contributed by atoms with E-state index in [-0.39, 0.29) is 5.78 Å². The molecule has 1 saturated heterocycles. The van der Waals surface area contributed by atoms with Gasteiger partial charge in [0, 0.05) is 34.3 Å². The molecule has 3 rings (SSSR count). The second kappa shape index (κ2) is 7.14. The van der Waals surface area contributed by atoms with Crippen LogP contribution >= 0.6 is 23.2 Å². The number of ketones is 1. The van der Waals surface area contributed by atoms with Crippen LogP contribution in [0.25, 0.3) is 12.2 Å². The Morgan fingerprint density at radius 3 is 1.65 bits per heavy atom. The number of benzene rings is 2. The summed E-state index contributed by atoms with van der Waals surface area (Å²) in [5.41, 5.74) is 3.09. The number of hydrogen-bond donors (Lipinski definition) is 1. The summed E-state index contributed by atoms with van der Waals surface area (Å²) in [5, 5.41) is 4.52. The average molecular weight is 344 g/mol. The molecule has 1 heterocycles. The normalized spacial score (nSPS) is 18.6. The Kier molecular flexibility index (Phi) is 4.97. The molecule has 0 atom stereocenters. The highest BCUT2D eigenvalue weighted by Gasteiger charge is 2.20. The van der Waals surface area contributed by atoms with Gasteiger partial charge in [-0.05, 0) is 35.4 Å². The zero-order valence-electron chi connectivity index (χ0n) is 12.4. The van der Waals surface area contributed by atoms with Crippen LogP contribution in [-0.2, 0) is 4.79 Å². The minimum Gasteiger partial charge on any atom is -0.308 e. The van der Waals surface area contributed by atoms with E-state index in [1.54, 1.807) is 0 Å². The van der Waals surface area contributed by atoms with Gasteiger partial charge in [-0.15, -0.1) is 0 Å². The molecular formula is C19H15Cl2NO. The molecule has 2 aromatic rings. The van der Waals surface area contributed by atoms with Gasteiger partial charge in [-0.3, -0.25) is 4.79 Å². The fourth-order valence-electron chi connectivity index (χ4n) is 2.49. The van der Waals surface area contributed by atoms with Crippen LogP contribution in [0.2, 0.25) is 10.0 Å². The molecule has 0 unspecified atom stereocenters. The highest BCUT2D eigenvalue weighted by molar-refractivity contribution is 6.33. The Labute approximate surface area is 145 Å². The van der Waals surface area contributed by atoms with Gasteiger partial charge in [-0.2, -0.15) is 0 Å². The standard InChI is InChI=1S/C19H15Cl2NO/c20-17-7-3-1-5-13(17)9-15-11-22-12-16(19(15)23)10-14-6-2-4-8-18(14)21/h1-10,22H,11-12H2/b15-9+,16-10+. The van der Waals surface area contributed by atoms with Gasteiger partial charge in [-0.25, -0.2) is 0 Å². The molecule has 0 amide bonds. The topological polar surface area (TPSA) is 29.1 Å². The number of Topliss-reactive ketones (excluding diaryl/α,β-unsaturated/α-hetero) is 1. The van der Waals surface area contributed by atoms with Crippen LogP contribution in [0.1, 0.15) is 11.1 Å². The third-order valence-electron chi connectivity index (χ3n) is 3.68.